The Labute approximate surface area is 480 Å². The van der Waals surface area contributed by atoms with E-state index in [9.17, 15) is 50.1 Å². The van der Waals surface area contributed by atoms with Gasteiger partial charge in [0.15, 0.2) is 51.0 Å². The lowest BCUT2D eigenvalue weighted by molar-refractivity contribution is 0.104. The quantitative estimate of drug-likeness (QED) is 0.0269. The maximum atomic E-state index is 14.6. The first-order valence-electron chi connectivity index (χ1n) is 25.6. The van der Waals surface area contributed by atoms with Crippen molar-refractivity contribution in [2.45, 2.75) is 6.92 Å². The Hall–Kier alpha value is -11.7. The van der Waals surface area contributed by atoms with Crippen LogP contribution in [0.15, 0.2) is 162 Å². The summed E-state index contributed by atoms with van der Waals surface area (Å²) in [5, 5.41) is 77.8. The zero-order valence-electron chi connectivity index (χ0n) is 45.7. The standard InChI is InChI=1S/C65H48O20/c1-30-7-9-31(10-8-30)47(26-43(71)56-40(68)22-37(24-52(56)79-5)82-64-46(74)25-42(70)57-44(72)27-49(84-65(57)64)34-14-18-39(67)51(20-34)78-4)81-36-21-41(69)58(53(23-36)80-6)61-60-55(85-63(61)32-11-15-35(76-2)16-12-32)29-54-59(62(60)75)45(73)28-48(83-54)33-13-17-38(66)50(19-33)77-3/h7-29,66-70,74-75H,1-6H3/b47-26-. The number of fused-ring (bicyclic) bond motifs is 3. The number of benzene rings is 8. The highest BCUT2D eigenvalue weighted by Gasteiger charge is 2.30. The predicted molar refractivity (Wildman–Crippen MR) is 312 cm³/mol. The average molecular weight is 1150 g/mol. The number of carbonyl (C=O) groups excluding carboxylic acids is 1. The molecule has 0 unspecified atom stereocenters. The maximum Gasteiger partial charge on any atom is 0.212 e. The predicted octanol–water partition coefficient (Wildman–Crippen LogP) is 12.7. The molecule has 0 saturated carbocycles. The third-order valence-corrected chi connectivity index (χ3v) is 13.9. The number of phenols is 7. The molecular weight excluding hydrogens is 1100 g/mol. The summed E-state index contributed by atoms with van der Waals surface area (Å²) in [5.74, 6) is -4.36. The van der Waals surface area contributed by atoms with E-state index in [1.54, 1.807) is 48.5 Å². The van der Waals surface area contributed by atoms with Crippen molar-refractivity contribution in [1.82, 2.24) is 0 Å². The van der Waals surface area contributed by atoms with E-state index in [2.05, 4.69) is 0 Å². The molecule has 0 amide bonds. The van der Waals surface area contributed by atoms with Gasteiger partial charge in [0.1, 0.15) is 102 Å². The van der Waals surface area contributed by atoms with Gasteiger partial charge in [-0.3, -0.25) is 14.4 Å². The molecule has 8 aromatic carbocycles. The van der Waals surface area contributed by atoms with Gasteiger partial charge in [0.05, 0.1) is 46.5 Å². The minimum atomic E-state index is -0.849. The fourth-order valence-corrected chi connectivity index (χ4v) is 9.80. The number of methoxy groups -OCH3 is 5. The van der Waals surface area contributed by atoms with Crippen LogP contribution >= 0.6 is 0 Å². The third-order valence-electron chi connectivity index (χ3n) is 13.9. The van der Waals surface area contributed by atoms with Gasteiger partial charge >= 0.3 is 0 Å². The first kappa shape index (κ1) is 55.2. The van der Waals surface area contributed by atoms with E-state index in [4.69, 9.17) is 46.4 Å². The van der Waals surface area contributed by atoms with Crippen LogP contribution in [-0.2, 0) is 0 Å². The van der Waals surface area contributed by atoms with Crippen LogP contribution in [0.5, 0.6) is 86.2 Å². The zero-order chi connectivity index (χ0) is 60.1. The molecule has 0 aliphatic heterocycles. The summed E-state index contributed by atoms with van der Waals surface area (Å²) in [6.45, 7) is 1.85. The van der Waals surface area contributed by atoms with Crippen LogP contribution in [-0.4, -0.2) is 77.1 Å². The van der Waals surface area contributed by atoms with Crippen molar-refractivity contribution in [3.8, 4) is 131 Å². The van der Waals surface area contributed by atoms with Crippen LogP contribution in [0.4, 0.5) is 0 Å². The summed E-state index contributed by atoms with van der Waals surface area (Å²) >= 11 is 0. The van der Waals surface area contributed by atoms with Gasteiger partial charge in [-0.05, 0) is 67.6 Å². The van der Waals surface area contributed by atoms with Gasteiger partial charge in [-0.25, -0.2) is 0 Å². The molecule has 7 N–H and O–H groups in total. The number of aryl methyl sites for hydroxylation is 1. The first-order chi connectivity index (χ1) is 40.9. The lowest BCUT2D eigenvalue weighted by Gasteiger charge is -2.17. The zero-order valence-corrected chi connectivity index (χ0v) is 45.7. The SMILES string of the molecule is COc1ccc(-c2oc3cc4oc(-c5ccc(O)c(OC)c5)cc(=O)c4c(O)c3c2-c2c(O)cc(O/C(=C\C(=O)c3c(O)cc(Oc4c(O)cc(O)c5c(=O)cc(-c6ccc(O)c(OC)c6)oc45)cc3OC)c3ccc(C)cc3)cc2OC)cc1. The number of rotatable bonds is 16. The highest BCUT2D eigenvalue weighted by atomic mass is 16.5. The molecule has 0 aliphatic carbocycles. The van der Waals surface area contributed by atoms with Crippen LogP contribution in [0.1, 0.15) is 21.5 Å². The molecule has 0 aliphatic rings. The van der Waals surface area contributed by atoms with Crippen molar-refractivity contribution in [3.63, 3.8) is 0 Å². The van der Waals surface area contributed by atoms with Gasteiger partial charge in [-0.2, -0.15) is 0 Å². The number of allylic oxidation sites excluding steroid dienone is 1. The van der Waals surface area contributed by atoms with E-state index < -0.39 is 56.7 Å². The highest BCUT2D eigenvalue weighted by molar-refractivity contribution is 6.14. The van der Waals surface area contributed by atoms with E-state index in [1.165, 1.54) is 102 Å². The number of phenolic OH excluding ortho intramolecular Hbond substituents is 7. The molecule has 0 radical (unpaired) electrons. The number of hydrogen-bond donors (Lipinski definition) is 7. The molecule has 85 heavy (non-hydrogen) atoms. The van der Waals surface area contributed by atoms with Crippen molar-refractivity contribution in [3.05, 3.63) is 177 Å². The maximum absolute atomic E-state index is 14.6. The van der Waals surface area contributed by atoms with Crippen LogP contribution < -0.4 is 44.0 Å². The van der Waals surface area contributed by atoms with Crippen molar-refractivity contribution >= 4 is 44.5 Å². The lowest BCUT2D eigenvalue weighted by atomic mass is 9.95. The second-order valence-corrected chi connectivity index (χ2v) is 19.2. The molecule has 20 heteroatoms. The Morgan fingerprint density at radius 2 is 1.04 bits per heavy atom. The van der Waals surface area contributed by atoms with E-state index >= 15 is 0 Å². The largest absolute Gasteiger partial charge is 0.507 e. The normalized spacial score (nSPS) is 11.5. The molecule has 0 bridgehead atoms. The van der Waals surface area contributed by atoms with E-state index in [0.717, 1.165) is 29.8 Å². The molecule has 0 atom stereocenters. The molecule has 11 aromatic rings. The van der Waals surface area contributed by atoms with Crippen molar-refractivity contribution in [2.24, 2.45) is 0 Å². The molecule has 0 spiro atoms. The monoisotopic (exact) mass is 1150 g/mol. The van der Waals surface area contributed by atoms with Crippen molar-refractivity contribution in [2.75, 3.05) is 35.5 Å². The fraction of sp³-hybridized carbons (Fsp3) is 0.0923. The molecule has 3 aromatic heterocycles. The number of aromatic hydroxyl groups is 7. The smallest absolute Gasteiger partial charge is 0.212 e. The second-order valence-electron chi connectivity index (χ2n) is 19.2. The van der Waals surface area contributed by atoms with Gasteiger partial charge < -0.3 is 82.2 Å². The van der Waals surface area contributed by atoms with Gasteiger partial charge in [-0.1, -0.05) is 29.8 Å². The molecule has 11 rings (SSSR count). The second kappa shape index (κ2) is 22.0. The summed E-state index contributed by atoms with van der Waals surface area (Å²) < 4.78 is 58.7. The molecule has 0 fully saturated rings. The molecule has 0 saturated heterocycles. The summed E-state index contributed by atoms with van der Waals surface area (Å²) in [4.78, 5) is 42.1. The van der Waals surface area contributed by atoms with Crippen LogP contribution in [0.2, 0.25) is 0 Å². The Balaban J connectivity index is 0.989. The minimum absolute atomic E-state index is 0.00360. The number of furan rings is 1. The van der Waals surface area contributed by atoms with Crippen LogP contribution in [0, 0.1) is 6.92 Å². The number of ether oxygens (including phenoxy) is 7. The highest BCUT2D eigenvalue weighted by Crippen LogP contribution is 2.54. The Kier molecular flexibility index (Phi) is 14.3. The van der Waals surface area contributed by atoms with Crippen LogP contribution in [0.25, 0.3) is 83.8 Å². The van der Waals surface area contributed by atoms with E-state index in [0.29, 0.717) is 22.4 Å². The van der Waals surface area contributed by atoms with Gasteiger partial charge in [0.2, 0.25) is 5.75 Å². The minimum Gasteiger partial charge on any atom is -0.507 e. The van der Waals surface area contributed by atoms with E-state index in [1.807, 2.05) is 6.92 Å². The van der Waals surface area contributed by atoms with Crippen molar-refractivity contribution in [1.29, 1.82) is 0 Å². The molecule has 3 heterocycles. The number of carbonyl (C=O) groups is 1. The summed E-state index contributed by atoms with van der Waals surface area (Å²) in [6.07, 6.45) is 1.08. The van der Waals surface area contributed by atoms with Crippen molar-refractivity contribution < 1.29 is 86.9 Å². The fourth-order valence-electron chi connectivity index (χ4n) is 9.80. The van der Waals surface area contributed by atoms with Crippen LogP contribution in [0.3, 0.4) is 0 Å². The topological polar surface area (TPSA) is 297 Å². The molecular formula is C65H48O20. The average Bonchev–Trinajstić information content (AvgIpc) is 1.75. The summed E-state index contributed by atoms with van der Waals surface area (Å²) in [7, 11) is 6.77. The van der Waals surface area contributed by atoms with Gasteiger partial charge in [0, 0.05) is 82.4 Å². The summed E-state index contributed by atoms with van der Waals surface area (Å²) in [6, 6.07) is 31.7. The Morgan fingerprint density at radius 1 is 0.459 bits per heavy atom. The molecule has 20 nitrogen and oxygen atoms in total. The molecule has 428 valence electrons. The van der Waals surface area contributed by atoms with Gasteiger partial charge in [0.25, 0.3) is 0 Å². The number of ketones is 1. The number of hydrogen-bond acceptors (Lipinski definition) is 20. The first-order valence-corrected chi connectivity index (χ1v) is 25.6. The summed E-state index contributed by atoms with van der Waals surface area (Å²) in [5.41, 5.74) is 0.315. The third kappa shape index (κ3) is 10.1. The Morgan fingerprint density at radius 3 is 1.66 bits per heavy atom. The van der Waals surface area contributed by atoms with Gasteiger partial charge in [-0.15, -0.1) is 0 Å². The lowest BCUT2D eigenvalue weighted by Crippen LogP contribution is -2.05. The Bertz CT molecular complexity index is 4660. The van der Waals surface area contributed by atoms with E-state index in [-0.39, 0.29) is 119 Å².